The van der Waals surface area contributed by atoms with Crippen LogP contribution < -0.4 is 19.5 Å². The van der Waals surface area contributed by atoms with Gasteiger partial charge >= 0.3 is 0 Å². The first-order valence-electron chi connectivity index (χ1n) is 7.24. The Morgan fingerprint density at radius 3 is 2.61 bits per heavy atom. The van der Waals surface area contributed by atoms with Crippen molar-refractivity contribution in [2.75, 3.05) is 19.8 Å². The van der Waals surface area contributed by atoms with Gasteiger partial charge in [0, 0.05) is 11.0 Å². The summed E-state index contributed by atoms with van der Waals surface area (Å²) < 4.78 is 17.4. The average molecular weight is 378 g/mol. The van der Waals surface area contributed by atoms with Crippen molar-refractivity contribution in [3.8, 4) is 17.2 Å². The molecule has 0 bridgehead atoms. The molecule has 120 valence electrons. The van der Waals surface area contributed by atoms with Crippen molar-refractivity contribution in [1.29, 1.82) is 0 Å². The second-order valence-electron chi connectivity index (χ2n) is 5.00. The molecule has 2 aromatic carbocycles. The smallest absolute Gasteiger partial charge is 0.258 e. The van der Waals surface area contributed by atoms with Crippen LogP contribution in [-0.2, 0) is 11.3 Å². The Labute approximate surface area is 142 Å². The number of carbonyl (C=O) groups is 1. The standard InChI is InChI=1S/C17H16BrNO4/c18-13-2-4-14(5-3-13)23-11-17(20)19-10-12-1-6-15-16(9-12)22-8-7-21-15/h1-6,9H,7-8,10-11H2,(H,19,20). The number of halogens is 1. The van der Waals surface area contributed by atoms with E-state index in [1.165, 1.54) is 0 Å². The van der Waals surface area contributed by atoms with Crippen molar-refractivity contribution in [2.24, 2.45) is 0 Å². The SMILES string of the molecule is O=C(COc1ccc(Br)cc1)NCc1ccc2c(c1)OCCO2. The fourth-order valence-electron chi connectivity index (χ4n) is 2.13. The summed E-state index contributed by atoms with van der Waals surface area (Å²) in [5, 5.41) is 2.82. The van der Waals surface area contributed by atoms with Gasteiger partial charge in [-0.05, 0) is 42.0 Å². The van der Waals surface area contributed by atoms with Gasteiger partial charge in [0.2, 0.25) is 0 Å². The zero-order valence-electron chi connectivity index (χ0n) is 12.4. The molecule has 1 aliphatic rings. The number of benzene rings is 2. The van der Waals surface area contributed by atoms with Crippen LogP contribution in [0.1, 0.15) is 5.56 Å². The molecular weight excluding hydrogens is 362 g/mol. The number of hydrogen-bond acceptors (Lipinski definition) is 4. The van der Waals surface area contributed by atoms with Gasteiger partial charge in [0.25, 0.3) is 5.91 Å². The molecule has 1 amide bonds. The number of nitrogens with one attached hydrogen (secondary N) is 1. The van der Waals surface area contributed by atoms with Crippen LogP contribution in [0.15, 0.2) is 46.9 Å². The van der Waals surface area contributed by atoms with Crippen LogP contribution in [0.5, 0.6) is 17.2 Å². The van der Waals surface area contributed by atoms with Crippen LogP contribution in [-0.4, -0.2) is 25.7 Å². The van der Waals surface area contributed by atoms with Crippen LogP contribution in [0.3, 0.4) is 0 Å². The van der Waals surface area contributed by atoms with Crippen LogP contribution in [0.4, 0.5) is 0 Å². The average Bonchev–Trinajstić information content (AvgIpc) is 2.59. The third kappa shape index (κ3) is 4.39. The van der Waals surface area contributed by atoms with E-state index in [-0.39, 0.29) is 12.5 Å². The van der Waals surface area contributed by atoms with Crippen molar-refractivity contribution in [3.63, 3.8) is 0 Å². The highest BCUT2D eigenvalue weighted by Gasteiger charge is 2.12. The first-order chi connectivity index (χ1) is 11.2. The highest BCUT2D eigenvalue weighted by molar-refractivity contribution is 9.10. The van der Waals surface area contributed by atoms with Gasteiger partial charge in [0.05, 0.1) is 0 Å². The van der Waals surface area contributed by atoms with Gasteiger partial charge in [-0.3, -0.25) is 4.79 Å². The van der Waals surface area contributed by atoms with Gasteiger partial charge in [-0.2, -0.15) is 0 Å². The lowest BCUT2D eigenvalue weighted by atomic mass is 10.2. The van der Waals surface area contributed by atoms with E-state index in [9.17, 15) is 4.79 Å². The summed E-state index contributed by atoms with van der Waals surface area (Å²) in [7, 11) is 0. The molecule has 3 rings (SSSR count). The number of amides is 1. The lowest BCUT2D eigenvalue weighted by Gasteiger charge is -2.19. The summed E-state index contributed by atoms with van der Waals surface area (Å²) >= 11 is 3.35. The maximum absolute atomic E-state index is 11.8. The lowest BCUT2D eigenvalue weighted by molar-refractivity contribution is -0.123. The monoisotopic (exact) mass is 377 g/mol. The summed E-state index contributed by atoms with van der Waals surface area (Å²) in [4.78, 5) is 11.8. The third-order valence-corrected chi connectivity index (χ3v) is 3.81. The lowest BCUT2D eigenvalue weighted by Crippen LogP contribution is -2.28. The molecule has 0 aromatic heterocycles. The molecule has 23 heavy (non-hydrogen) atoms. The van der Waals surface area contributed by atoms with E-state index in [2.05, 4.69) is 21.2 Å². The second kappa shape index (κ2) is 7.37. The van der Waals surface area contributed by atoms with Crippen LogP contribution in [0.25, 0.3) is 0 Å². The third-order valence-electron chi connectivity index (χ3n) is 3.28. The Morgan fingerprint density at radius 1 is 1.09 bits per heavy atom. The summed E-state index contributed by atoms with van der Waals surface area (Å²) in [6.07, 6.45) is 0. The maximum atomic E-state index is 11.8. The van der Waals surface area contributed by atoms with E-state index in [0.717, 1.165) is 15.8 Å². The molecule has 1 heterocycles. The van der Waals surface area contributed by atoms with Crippen LogP contribution in [0, 0.1) is 0 Å². The predicted molar refractivity (Wildman–Crippen MR) is 88.9 cm³/mol. The molecule has 0 spiro atoms. The molecule has 6 heteroatoms. The highest BCUT2D eigenvalue weighted by atomic mass is 79.9. The zero-order chi connectivity index (χ0) is 16.1. The van der Waals surface area contributed by atoms with Gasteiger partial charge in [-0.1, -0.05) is 22.0 Å². The molecule has 0 fully saturated rings. The van der Waals surface area contributed by atoms with E-state index in [1.807, 2.05) is 30.3 Å². The topological polar surface area (TPSA) is 56.8 Å². The van der Waals surface area contributed by atoms with E-state index in [0.29, 0.717) is 31.3 Å². The maximum Gasteiger partial charge on any atom is 0.258 e. The number of fused-ring (bicyclic) bond motifs is 1. The Bertz CT molecular complexity index is 687. The van der Waals surface area contributed by atoms with Crippen molar-refractivity contribution in [1.82, 2.24) is 5.32 Å². The Hall–Kier alpha value is -2.21. The van der Waals surface area contributed by atoms with Crippen molar-refractivity contribution in [3.05, 3.63) is 52.5 Å². The minimum absolute atomic E-state index is 0.0216. The molecule has 0 radical (unpaired) electrons. The van der Waals surface area contributed by atoms with Crippen molar-refractivity contribution in [2.45, 2.75) is 6.54 Å². The highest BCUT2D eigenvalue weighted by Crippen LogP contribution is 2.30. The predicted octanol–water partition coefficient (Wildman–Crippen LogP) is 2.92. The molecular formula is C17H16BrNO4. The molecule has 0 unspecified atom stereocenters. The fraction of sp³-hybridized carbons (Fsp3) is 0.235. The minimum Gasteiger partial charge on any atom is -0.486 e. The minimum atomic E-state index is -0.178. The van der Waals surface area contributed by atoms with Gasteiger partial charge in [0.15, 0.2) is 18.1 Å². The van der Waals surface area contributed by atoms with Gasteiger partial charge in [-0.25, -0.2) is 0 Å². The summed E-state index contributed by atoms with van der Waals surface area (Å²) in [5.41, 5.74) is 0.950. The molecule has 0 aliphatic carbocycles. The molecule has 1 N–H and O–H groups in total. The summed E-state index contributed by atoms with van der Waals surface area (Å²) in [5.74, 6) is 1.93. The first-order valence-corrected chi connectivity index (χ1v) is 8.03. The second-order valence-corrected chi connectivity index (χ2v) is 5.91. The summed E-state index contributed by atoms with van der Waals surface area (Å²) in [6.45, 7) is 1.51. The Kier molecular flexibility index (Phi) is 5.02. The number of carbonyl (C=O) groups excluding carboxylic acids is 1. The molecule has 1 aliphatic heterocycles. The summed E-state index contributed by atoms with van der Waals surface area (Å²) in [6, 6.07) is 13.0. The number of ether oxygens (including phenoxy) is 3. The zero-order valence-corrected chi connectivity index (χ0v) is 14.0. The molecule has 0 atom stereocenters. The van der Waals surface area contributed by atoms with E-state index >= 15 is 0 Å². The van der Waals surface area contributed by atoms with Gasteiger partial charge < -0.3 is 19.5 Å². The Morgan fingerprint density at radius 2 is 1.83 bits per heavy atom. The van der Waals surface area contributed by atoms with E-state index in [1.54, 1.807) is 12.1 Å². The normalized spacial score (nSPS) is 12.6. The Balaban J connectivity index is 1.48. The van der Waals surface area contributed by atoms with Crippen LogP contribution in [0.2, 0.25) is 0 Å². The number of rotatable bonds is 5. The largest absolute Gasteiger partial charge is 0.486 e. The van der Waals surface area contributed by atoms with Gasteiger partial charge in [-0.15, -0.1) is 0 Å². The van der Waals surface area contributed by atoms with Gasteiger partial charge in [0.1, 0.15) is 19.0 Å². The van der Waals surface area contributed by atoms with Crippen molar-refractivity contribution < 1.29 is 19.0 Å². The molecule has 0 saturated carbocycles. The van der Waals surface area contributed by atoms with Crippen LogP contribution >= 0.6 is 15.9 Å². The molecule has 5 nitrogen and oxygen atoms in total. The first kappa shape index (κ1) is 15.7. The molecule has 2 aromatic rings. The van der Waals surface area contributed by atoms with E-state index < -0.39 is 0 Å². The van der Waals surface area contributed by atoms with E-state index in [4.69, 9.17) is 14.2 Å². The quantitative estimate of drug-likeness (QED) is 0.870. The number of hydrogen-bond donors (Lipinski definition) is 1. The van der Waals surface area contributed by atoms with Crippen molar-refractivity contribution >= 4 is 21.8 Å². The fourth-order valence-corrected chi connectivity index (χ4v) is 2.39. The molecule has 0 saturated heterocycles.